The maximum absolute atomic E-state index is 12.4. The van der Waals surface area contributed by atoms with E-state index in [0.717, 1.165) is 6.08 Å². The summed E-state index contributed by atoms with van der Waals surface area (Å²) in [4.78, 5) is 15.0. The molecule has 1 heterocycles. The van der Waals surface area contributed by atoms with Crippen molar-refractivity contribution in [1.29, 1.82) is 0 Å². The standard InChI is InChI=1S/C12H10F3N3O2/c1-8-2-3-9(18(19)20)6-10(8)17-5-4-11(16-7-17)12(13,14)15/h2-6H,7H2,1H3. The average molecular weight is 285 g/mol. The smallest absolute Gasteiger partial charge is 0.327 e. The first-order valence-electron chi connectivity index (χ1n) is 5.60. The number of nitrogens with zero attached hydrogens (tertiary/aromatic N) is 3. The van der Waals surface area contributed by atoms with Gasteiger partial charge in [-0.15, -0.1) is 0 Å². The summed E-state index contributed by atoms with van der Waals surface area (Å²) < 4.78 is 37.3. The summed E-state index contributed by atoms with van der Waals surface area (Å²) in [5, 5.41) is 10.7. The van der Waals surface area contributed by atoms with Gasteiger partial charge in [0.05, 0.1) is 10.6 Å². The molecule has 0 aliphatic carbocycles. The van der Waals surface area contributed by atoms with E-state index in [2.05, 4.69) is 4.99 Å². The highest BCUT2D eigenvalue weighted by Crippen LogP contribution is 2.28. The zero-order valence-electron chi connectivity index (χ0n) is 10.4. The van der Waals surface area contributed by atoms with Crippen molar-refractivity contribution in [3.8, 4) is 0 Å². The number of hydrogen-bond donors (Lipinski definition) is 0. The first kappa shape index (κ1) is 14.0. The van der Waals surface area contributed by atoms with Crippen LogP contribution in [0.15, 0.2) is 35.5 Å². The number of non-ortho nitro benzene ring substituents is 1. The number of hydrogen-bond acceptors (Lipinski definition) is 4. The second kappa shape index (κ2) is 4.95. The largest absolute Gasteiger partial charge is 0.433 e. The van der Waals surface area contributed by atoms with Crippen LogP contribution in [-0.2, 0) is 0 Å². The third kappa shape index (κ3) is 2.79. The van der Waals surface area contributed by atoms with Crippen molar-refractivity contribution in [3.63, 3.8) is 0 Å². The predicted molar refractivity (Wildman–Crippen MR) is 67.8 cm³/mol. The van der Waals surface area contributed by atoms with E-state index < -0.39 is 16.8 Å². The Morgan fingerprint density at radius 3 is 2.60 bits per heavy atom. The van der Waals surface area contributed by atoms with Crippen LogP contribution in [0.3, 0.4) is 0 Å². The first-order chi connectivity index (χ1) is 9.29. The van der Waals surface area contributed by atoms with Crippen LogP contribution in [0, 0.1) is 17.0 Å². The van der Waals surface area contributed by atoms with Crippen LogP contribution >= 0.6 is 0 Å². The van der Waals surface area contributed by atoms with E-state index in [1.54, 1.807) is 13.0 Å². The van der Waals surface area contributed by atoms with E-state index in [0.29, 0.717) is 11.3 Å². The lowest BCUT2D eigenvalue weighted by Crippen LogP contribution is -2.29. The predicted octanol–water partition coefficient (Wildman–Crippen LogP) is 3.20. The van der Waals surface area contributed by atoms with Gasteiger partial charge in [0.25, 0.3) is 5.69 Å². The van der Waals surface area contributed by atoms with E-state index in [9.17, 15) is 23.3 Å². The van der Waals surface area contributed by atoms with E-state index in [4.69, 9.17) is 0 Å². The van der Waals surface area contributed by atoms with Crippen molar-refractivity contribution in [2.24, 2.45) is 4.99 Å². The molecule has 1 aromatic carbocycles. The van der Waals surface area contributed by atoms with Gasteiger partial charge < -0.3 is 4.90 Å². The van der Waals surface area contributed by atoms with Gasteiger partial charge in [0.2, 0.25) is 0 Å². The van der Waals surface area contributed by atoms with Crippen molar-refractivity contribution in [2.75, 3.05) is 11.6 Å². The van der Waals surface area contributed by atoms with Gasteiger partial charge in [-0.05, 0) is 18.6 Å². The minimum atomic E-state index is -4.49. The molecule has 0 amide bonds. The highest BCUT2D eigenvalue weighted by molar-refractivity contribution is 6.00. The molecule has 1 aliphatic heterocycles. The molecule has 0 saturated carbocycles. The highest BCUT2D eigenvalue weighted by Gasteiger charge is 2.35. The van der Waals surface area contributed by atoms with Crippen molar-refractivity contribution < 1.29 is 18.1 Å². The number of halogens is 3. The molecule has 8 heteroatoms. The van der Waals surface area contributed by atoms with Crippen LogP contribution in [-0.4, -0.2) is 23.5 Å². The van der Waals surface area contributed by atoms with Gasteiger partial charge in [-0.25, -0.2) is 0 Å². The maximum atomic E-state index is 12.4. The normalized spacial score (nSPS) is 15.2. The van der Waals surface area contributed by atoms with Gasteiger partial charge in [0.15, 0.2) is 0 Å². The number of aryl methyl sites for hydroxylation is 1. The molecule has 0 bridgehead atoms. The number of allylic oxidation sites excluding steroid dienone is 1. The third-order valence-electron chi connectivity index (χ3n) is 2.81. The molecule has 0 spiro atoms. The molecule has 0 unspecified atom stereocenters. The topological polar surface area (TPSA) is 58.7 Å². The van der Waals surface area contributed by atoms with Crippen LogP contribution in [0.1, 0.15) is 5.56 Å². The van der Waals surface area contributed by atoms with E-state index >= 15 is 0 Å². The van der Waals surface area contributed by atoms with Gasteiger partial charge in [0, 0.05) is 18.3 Å². The Balaban J connectivity index is 2.28. The number of aliphatic imine (C=N–C) groups is 1. The fourth-order valence-electron chi connectivity index (χ4n) is 1.77. The summed E-state index contributed by atoms with van der Waals surface area (Å²) in [7, 11) is 0. The summed E-state index contributed by atoms with van der Waals surface area (Å²) in [6.45, 7) is 1.49. The number of nitro groups is 1. The van der Waals surface area contributed by atoms with Crippen molar-refractivity contribution in [2.45, 2.75) is 13.1 Å². The SMILES string of the molecule is Cc1ccc([N+](=O)[O-])cc1N1C=CC(C(F)(F)F)=NC1. The van der Waals surface area contributed by atoms with E-state index in [-0.39, 0.29) is 12.4 Å². The second-order valence-electron chi connectivity index (χ2n) is 4.20. The lowest BCUT2D eigenvalue weighted by atomic mass is 10.1. The summed E-state index contributed by atoms with van der Waals surface area (Å²) in [5.74, 6) is 0. The van der Waals surface area contributed by atoms with Crippen LogP contribution in [0.25, 0.3) is 0 Å². The number of rotatable bonds is 2. The molecule has 1 aromatic rings. The van der Waals surface area contributed by atoms with Crippen LogP contribution in [0.4, 0.5) is 24.5 Å². The fourth-order valence-corrected chi connectivity index (χ4v) is 1.77. The average Bonchev–Trinajstić information content (AvgIpc) is 2.38. The molecule has 0 aromatic heterocycles. The lowest BCUT2D eigenvalue weighted by Gasteiger charge is -2.24. The van der Waals surface area contributed by atoms with Crippen molar-refractivity contribution >= 4 is 17.1 Å². The van der Waals surface area contributed by atoms with Gasteiger partial charge in [0.1, 0.15) is 12.4 Å². The Labute approximate surface area is 112 Å². The highest BCUT2D eigenvalue weighted by atomic mass is 19.4. The molecule has 0 N–H and O–H groups in total. The molecule has 0 saturated heterocycles. The molecular weight excluding hydrogens is 275 g/mol. The molecule has 5 nitrogen and oxygen atoms in total. The molecule has 0 fully saturated rings. The first-order valence-corrected chi connectivity index (χ1v) is 5.60. The molecule has 0 atom stereocenters. The minimum Gasteiger partial charge on any atom is -0.327 e. The Hall–Kier alpha value is -2.38. The Kier molecular flexibility index (Phi) is 3.47. The molecule has 0 radical (unpaired) electrons. The lowest BCUT2D eigenvalue weighted by molar-refractivity contribution is -0.384. The van der Waals surface area contributed by atoms with Gasteiger partial charge >= 0.3 is 6.18 Å². The zero-order chi connectivity index (χ0) is 14.9. The van der Waals surface area contributed by atoms with Gasteiger partial charge in [-0.1, -0.05) is 6.07 Å². The number of alkyl halides is 3. The van der Waals surface area contributed by atoms with Crippen molar-refractivity contribution in [3.05, 3.63) is 46.2 Å². The quantitative estimate of drug-likeness (QED) is 0.619. The maximum Gasteiger partial charge on any atom is 0.433 e. The monoisotopic (exact) mass is 285 g/mol. The molecule has 1 aliphatic rings. The third-order valence-corrected chi connectivity index (χ3v) is 2.81. The van der Waals surface area contributed by atoms with E-state index in [1.165, 1.54) is 23.2 Å². The zero-order valence-corrected chi connectivity index (χ0v) is 10.4. The molecule has 20 heavy (non-hydrogen) atoms. The van der Waals surface area contributed by atoms with Crippen LogP contribution in [0.2, 0.25) is 0 Å². The Morgan fingerprint density at radius 1 is 1.40 bits per heavy atom. The minimum absolute atomic E-state index is 0.121. The van der Waals surface area contributed by atoms with Gasteiger partial charge in [-0.2, -0.15) is 13.2 Å². The fraction of sp³-hybridized carbons (Fsp3) is 0.250. The summed E-state index contributed by atoms with van der Waals surface area (Å²) >= 11 is 0. The Morgan fingerprint density at radius 2 is 2.10 bits per heavy atom. The number of nitro benzene ring substituents is 1. The van der Waals surface area contributed by atoms with E-state index in [1.807, 2.05) is 0 Å². The summed E-state index contributed by atoms with van der Waals surface area (Å²) in [6, 6.07) is 4.20. The van der Waals surface area contributed by atoms with Crippen LogP contribution in [0.5, 0.6) is 0 Å². The number of anilines is 1. The van der Waals surface area contributed by atoms with Gasteiger partial charge in [-0.3, -0.25) is 15.1 Å². The van der Waals surface area contributed by atoms with Crippen LogP contribution < -0.4 is 4.90 Å². The summed E-state index contributed by atoms with van der Waals surface area (Å²) in [5.41, 5.74) is 0.0905. The molecule has 106 valence electrons. The number of benzene rings is 1. The summed E-state index contributed by atoms with van der Waals surface area (Å²) in [6.07, 6.45) is -2.41. The molecule has 2 rings (SSSR count). The van der Waals surface area contributed by atoms with Crippen molar-refractivity contribution in [1.82, 2.24) is 0 Å². The molecular formula is C12H10F3N3O2. The second-order valence-corrected chi connectivity index (χ2v) is 4.20. The Bertz CT molecular complexity index is 608.